The van der Waals surface area contributed by atoms with Gasteiger partial charge in [0.15, 0.2) is 0 Å². The smallest absolute Gasteiger partial charge is 0.256 e. The largest absolute Gasteiger partial charge is 0.383 e. The summed E-state index contributed by atoms with van der Waals surface area (Å²) in [5.41, 5.74) is 3.47. The van der Waals surface area contributed by atoms with E-state index in [1.54, 1.807) is 13.2 Å². The maximum Gasteiger partial charge on any atom is 0.256 e. The van der Waals surface area contributed by atoms with E-state index in [9.17, 15) is 9.59 Å². The molecule has 30 heavy (non-hydrogen) atoms. The van der Waals surface area contributed by atoms with E-state index >= 15 is 0 Å². The molecule has 0 aliphatic rings. The highest BCUT2D eigenvalue weighted by Crippen LogP contribution is 2.25. The van der Waals surface area contributed by atoms with Crippen LogP contribution in [-0.4, -0.2) is 37.8 Å². The van der Waals surface area contributed by atoms with Crippen molar-refractivity contribution < 1.29 is 14.3 Å². The van der Waals surface area contributed by atoms with E-state index in [4.69, 9.17) is 4.74 Å². The van der Waals surface area contributed by atoms with Crippen LogP contribution in [0.25, 0.3) is 11.1 Å². The maximum atomic E-state index is 12.8. The fourth-order valence-electron chi connectivity index (χ4n) is 2.84. The van der Waals surface area contributed by atoms with Crippen LogP contribution in [0.2, 0.25) is 0 Å². The van der Waals surface area contributed by atoms with Gasteiger partial charge in [0.05, 0.1) is 17.9 Å². The average molecular weight is 421 g/mol. The van der Waals surface area contributed by atoms with E-state index in [2.05, 4.69) is 10.6 Å². The van der Waals surface area contributed by atoms with Crippen LogP contribution in [0.15, 0.2) is 83.8 Å². The maximum absolute atomic E-state index is 12.8. The first-order valence-electron chi connectivity index (χ1n) is 9.61. The van der Waals surface area contributed by atoms with Crippen LogP contribution in [0.4, 0.5) is 5.69 Å². The molecule has 0 aliphatic heterocycles. The second-order valence-corrected chi connectivity index (χ2v) is 7.54. The molecule has 5 nitrogen and oxygen atoms in total. The Hall–Kier alpha value is -3.09. The van der Waals surface area contributed by atoms with Crippen molar-refractivity contribution in [3.63, 3.8) is 0 Å². The van der Waals surface area contributed by atoms with Crippen molar-refractivity contribution in [2.45, 2.75) is 4.90 Å². The molecule has 0 spiro atoms. The van der Waals surface area contributed by atoms with Gasteiger partial charge in [-0.25, -0.2) is 0 Å². The second kappa shape index (κ2) is 11.2. The number of anilines is 1. The number of carbonyl (C=O) groups is 2. The van der Waals surface area contributed by atoms with Gasteiger partial charge in [0.2, 0.25) is 5.91 Å². The van der Waals surface area contributed by atoms with Crippen LogP contribution in [0.5, 0.6) is 0 Å². The first-order valence-corrected chi connectivity index (χ1v) is 10.6. The van der Waals surface area contributed by atoms with Gasteiger partial charge in [0.1, 0.15) is 0 Å². The fourth-order valence-corrected chi connectivity index (χ4v) is 3.72. The van der Waals surface area contributed by atoms with E-state index in [0.29, 0.717) is 18.7 Å². The van der Waals surface area contributed by atoms with E-state index < -0.39 is 0 Å². The molecular formula is C24H24N2O3S. The third-order valence-electron chi connectivity index (χ3n) is 4.37. The Labute approximate surface area is 180 Å². The standard InChI is InChI=1S/C24H24N2O3S/c1-29-16-15-25-23(27)17-30-22-10-6-5-9-21(22)24(28)26-20-13-11-19(12-14-20)18-7-3-2-4-8-18/h2-14H,15-17H2,1H3,(H,25,27)(H,26,28). The number of carbonyl (C=O) groups excluding carboxylic acids is 2. The van der Waals surface area contributed by atoms with Crippen LogP contribution < -0.4 is 10.6 Å². The molecule has 154 valence electrons. The molecule has 6 heteroatoms. The zero-order valence-electron chi connectivity index (χ0n) is 16.8. The monoisotopic (exact) mass is 420 g/mol. The Bertz CT molecular complexity index is 975. The molecule has 2 amide bonds. The zero-order chi connectivity index (χ0) is 21.2. The summed E-state index contributed by atoms with van der Waals surface area (Å²) in [6, 6.07) is 25.1. The minimum atomic E-state index is -0.203. The first-order chi connectivity index (χ1) is 14.7. The summed E-state index contributed by atoms with van der Waals surface area (Å²) < 4.78 is 4.92. The first kappa shape index (κ1) is 21.6. The lowest BCUT2D eigenvalue weighted by Crippen LogP contribution is -2.28. The van der Waals surface area contributed by atoms with Gasteiger partial charge in [-0.2, -0.15) is 0 Å². The van der Waals surface area contributed by atoms with Gasteiger partial charge in [0.25, 0.3) is 5.91 Å². The fraction of sp³-hybridized carbons (Fsp3) is 0.167. The van der Waals surface area contributed by atoms with Crippen LogP contribution in [0.3, 0.4) is 0 Å². The quantitative estimate of drug-likeness (QED) is 0.396. The molecule has 3 aromatic rings. The Morgan fingerprint density at radius 2 is 1.53 bits per heavy atom. The van der Waals surface area contributed by atoms with Crippen LogP contribution in [0.1, 0.15) is 10.4 Å². The average Bonchev–Trinajstić information content (AvgIpc) is 2.79. The lowest BCUT2D eigenvalue weighted by molar-refractivity contribution is -0.118. The summed E-state index contributed by atoms with van der Waals surface area (Å²) in [5.74, 6) is -0.0612. The number of hydrogen-bond acceptors (Lipinski definition) is 4. The number of thioether (sulfide) groups is 1. The Morgan fingerprint density at radius 3 is 2.27 bits per heavy atom. The second-order valence-electron chi connectivity index (χ2n) is 6.53. The molecular weight excluding hydrogens is 396 g/mol. The van der Waals surface area contributed by atoms with Crippen LogP contribution in [0, 0.1) is 0 Å². The molecule has 3 aromatic carbocycles. The van der Waals surface area contributed by atoms with Crippen molar-refractivity contribution in [2.24, 2.45) is 0 Å². The highest BCUT2D eigenvalue weighted by Gasteiger charge is 2.13. The number of amides is 2. The Balaban J connectivity index is 1.62. The highest BCUT2D eigenvalue weighted by molar-refractivity contribution is 8.00. The number of hydrogen-bond donors (Lipinski definition) is 2. The van der Waals surface area contributed by atoms with Crippen molar-refractivity contribution in [3.05, 3.63) is 84.4 Å². The third-order valence-corrected chi connectivity index (χ3v) is 5.44. The van der Waals surface area contributed by atoms with Crippen LogP contribution >= 0.6 is 11.8 Å². The van der Waals surface area contributed by atoms with Crippen molar-refractivity contribution >= 4 is 29.3 Å². The molecule has 0 heterocycles. The van der Waals surface area contributed by atoms with Crippen molar-refractivity contribution in [2.75, 3.05) is 31.3 Å². The molecule has 0 bridgehead atoms. The van der Waals surface area contributed by atoms with Gasteiger partial charge < -0.3 is 15.4 Å². The third kappa shape index (κ3) is 6.20. The Morgan fingerprint density at radius 1 is 0.867 bits per heavy atom. The zero-order valence-corrected chi connectivity index (χ0v) is 17.6. The summed E-state index contributed by atoms with van der Waals surface area (Å²) in [6.07, 6.45) is 0. The molecule has 0 fully saturated rings. The Kier molecular flexibility index (Phi) is 8.06. The summed E-state index contributed by atoms with van der Waals surface area (Å²) in [6.45, 7) is 0.940. The number of nitrogens with one attached hydrogen (secondary N) is 2. The van der Waals surface area contributed by atoms with Gasteiger partial charge in [-0.3, -0.25) is 9.59 Å². The van der Waals surface area contributed by atoms with Crippen molar-refractivity contribution in [1.82, 2.24) is 5.32 Å². The topological polar surface area (TPSA) is 67.4 Å². The van der Waals surface area contributed by atoms with E-state index in [1.165, 1.54) is 11.8 Å². The van der Waals surface area contributed by atoms with Gasteiger partial charge >= 0.3 is 0 Å². The molecule has 0 aromatic heterocycles. The molecule has 0 aliphatic carbocycles. The molecule has 0 radical (unpaired) electrons. The molecule has 0 saturated heterocycles. The van der Waals surface area contributed by atoms with Gasteiger partial charge in [-0.15, -0.1) is 11.8 Å². The SMILES string of the molecule is COCCNC(=O)CSc1ccccc1C(=O)Nc1ccc(-c2ccccc2)cc1. The van der Waals surface area contributed by atoms with Gasteiger partial charge in [0, 0.05) is 24.2 Å². The minimum absolute atomic E-state index is 0.0937. The normalized spacial score (nSPS) is 10.4. The molecule has 0 unspecified atom stereocenters. The lowest BCUT2D eigenvalue weighted by atomic mass is 10.1. The molecule has 0 atom stereocenters. The molecule has 0 saturated carbocycles. The summed E-state index contributed by atoms with van der Waals surface area (Å²) in [4.78, 5) is 25.5. The lowest BCUT2D eigenvalue weighted by Gasteiger charge is -2.11. The molecule has 3 rings (SSSR count). The summed E-state index contributed by atoms with van der Waals surface area (Å²) in [5, 5.41) is 5.71. The van der Waals surface area contributed by atoms with Gasteiger partial charge in [-0.05, 0) is 35.4 Å². The van der Waals surface area contributed by atoms with Crippen LogP contribution in [-0.2, 0) is 9.53 Å². The number of ether oxygens (including phenoxy) is 1. The van der Waals surface area contributed by atoms with Crippen molar-refractivity contribution in [1.29, 1.82) is 0 Å². The van der Waals surface area contributed by atoms with E-state index in [0.717, 1.165) is 21.7 Å². The van der Waals surface area contributed by atoms with Crippen molar-refractivity contribution in [3.8, 4) is 11.1 Å². The summed E-state index contributed by atoms with van der Waals surface area (Å²) in [7, 11) is 1.59. The molecule has 2 N–H and O–H groups in total. The number of methoxy groups -OCH3 is 1. The predicted molar refractivity (Wildman–Crippen MR) is 122 cm³/mol. The number of benzene rings is 3. The summed E-state index contributed by atoms with van der Waals surface area (Å²) >= 11 is 1.34. The highest BCUT2D eigenvalue weighted by atomic mass is 32.2. The predicted octanol–water partition coefficient (Wildman–Crippen LogP) is 4.46. The van der Waals surface area contributed by atoms with E-state index in [1.807, 2.05) is 72.8 Å². The van der Waals surface area contributed by atoms with E-state index in [-0.39, 0.29) is 17.6 Å². The number of rotatable bonds is 9. The van der Waals surface area contributed by atoms with Gasteiger partial charge in [-0.1, -0.05) is 54.6 Å². The minimum Gasteiger partial charge on any atom is -0.383 e.